The van der Waals surface area contributed by atoms with E-state index in [1.165, 1.54) is 31.0 Å². The van der Waals surface area contributed by atoms with Crippen LogP contribution in [0.5, 0.6) is 11.5 Å². The normalized spacial score (nSPS) is 11.0. The Morgan fingerprint density at radius 2 is 1.64 bits per heavy atom. The highest BCUT2D eigenvalue weighted by Gasteiger charge is 2.22. The van der Waals surface area contributed by atoms with Gasteiger partial charge in [0.25, 0.3) is 5.56 Å². The van der Waals surface area contributed by atoms with Crippen LogP contribution < -0.4 is 15.0 Å². The van der Waals surface area contributed by atoms with Crippen molar-refractivity contribution in [3.63, 3.8) is 0 Å². The third-order valence-corrected chi connectivity index (χ3v) is 4.68. The summed E-state index contributed by atoms with van der Waals surface area (Å²) in [7, 11) is 4.51. The Labute approximate surface area is 157 Å². The molecule has 2 aromatic heterocycles. The first-order valence-electron chi connectivity index (χ1n) is 7.01. The molecule has 130 valence electrons. The van der Waals surface area contributed by atoms with E-state index < -0.39 is 0 Å². The van der Waals surface area contributed by atoms with Crippen molar-refractivity contribution >= 4 is 45.7 Å². The van der Waals surface area contributed by atoms with Gasteiger partial charge in [-0.15, -0.1) is 0 Å². The summed E-state index contributed by atoms with van der Waals surface area (Å²) in [4.78, 5) is 21.1. The van der Waals surface area contributed by atoms with E-state index in [-0.39, 0.29) is 26.6 Å². The van der Waals surface area contributed by atoms with E-state index in [9.17, 15) is 4.79 Å². The number of pyridine rings is 1. The van der Waals surface area contributed by atoms with Gasteiger partial charge in [-0.1, -0.05) is 34.8 Å². The van der Waals surface area contributed by atoms with Crippen molar-refractivity contribution in [2.75, 3.05) is 14.2 Å². The molecule has 9 heteroatoms. The first-order chi connectivity index (χ1) is 11.9. The minimum absolute atomic E-state index is 0.207. The number of halogens is 3. The molecule has 0 aliphatic heterocycles. The summed E-state index contributed by atoms with van der Waals surface area (Å²) in [5.41, 5.74) is 0.394. The smallest absolute Gasteiger partial charge is 0.261 e. The SMILES string of the molecule is COc1cc(OC)c(Cl)c(-c2nc3cnc(Cl)cc3c(=O)n2C)c1Cl. The van der Waals surface area contributed by atoms with Gasteiger partial charge in [0.2, 0.25) is 0 Å². The molecular formula is C16H12Cl3N3O3. The number of fused-ring (bicyclic) bond motifs is 1. The third kappa shape index (κ3) is 2.90. The molecule has 0 aliphatic rings. The molecule has 0 saturated heterocycles. The van der Waals surface area contributed by atoms with Crippen molar-refractivity contribution in [1.29, 1.82) is 0 Å². The minimum Gasteiger partial charge on any atom is -0.495 e. The van der Waals surface area contributed by atoms with Crippen molar-refractivity contribution < 1.29 is 9.47 Å². The molecule has 1 aromatic carbocycles. The second-order valence-corrected chi connectivity index (χ2v) is 6.25. The lowest BCUT2D eigenvalue weighted by Gasteiger charge is -2.16. The van der Waals surface area contributed by atoms with Crippen LogP contribution in [0.1, 0.15) is 0 Å². The minimum atomic E-state index is -0.307. The predicted octanol–water partition coefficient (Wildman–Crippen LogP) is 3.97. The molecular weight excluding hydrogens is 389 g/mol. The summed E-state index contributed by atoms with van der Waals surface area (Å²) in [6.45, 7) is 0. The standard InChI is InChI=1S/C16H12Cl3N3O3/c1-22-15(21-8-6-20-11(17)4-7(8)16(22)23)12-13(18)9(24-2)5-10(25-3)14(12)19/h4-6H,1-3H3. The summed E-state index contributed by atoms with van der Waals surface area (Å²) in [5, 5.41) is 0.987. The number of hydrogen-bond donors (Lipinski definition) is 0. The van der Waals surface area contributed by atoms with E-state index >= 15 is 0 Å². The fourth-order valence-corrected chi connectivity index (χ4v) is 3.28. The molecule has 0 radical (unpaired) electrons. The summed E-state index contributed by atoms with van der Waals surface area (Å²) in [6, 6.07) is 3.03. The fraction of sp³-hybridized carbons (Fsp3) is 0.188. The maximum atomic E-state index is 12.7. The van der Waals surface area contributed by atoms with Crippen LogP contribution in [0.15, 0.2) is 23.1 Å². The van der Waals surface area contributed by atoms with Gasteiger partial charge in [-0.05, 0) is 6.07 Å². The Balaban J connectivity index is 2.43. The van der Waals surface area contributed by atoms with E-state index in [0.29, 0.717) is 28.0 Å². The lowest BCUT2D eigenvalue weighted by atomic mass is 10.1. The van der Waals surface area contributed by atoms with Crippen molar-refractivity contribution in [2.24, 2.45) is 7.05 Å². The first-order valence-corrected chi connectivity index (χ1v) is 8.15. The maximum absolute atomic E-state index is 12.7. The molecule has 3 aromatic rings. The lowest BCUT2D eigenvalue weighted by Crippen LogP contribution is -2.20. The quantitative estimate of drug-likeness (QED) is 0.622. The molecule has 0 amide bonds. The molecule has 6 nitrogen and oxygen atoms in total. The largest absolute Gasteiger partial charge is 0.495 e. The van der Waals surface area contributed by atoms with Gasteiger partial charge in [-0.25, -0.2) is 9.97 Å². The molecule has 0 N–H and O–H groups in total. The van der Waals surface area contributed by atoms with Gasteiger partial charge < -0.3 is 9.47 Å². The van der Waals surface area contributed by atoms with Crippen LogP contribution in [0, 0.1) is 0 Å². The van der Waals surface area contributed by atoms with Gasteiger partial charge in [0, 0.05) is 13.1 Å². The predicted molar refractivity (Wildman–Crippen MR) is 98.3 cm³/mol. The van der Waals surface area contributed by atoms with Crippen LogP contribution in [0.4, 0.5) is 0 Å². The Morgan fingerprint density at radius 1 is 1.04 bits per heavy atom. The summed E-state index contributed by atoms with van der Waals surface area (Å²) < 4.78 is 11.9. The molecule has 25 heavy (non-hydrogen) atoms. The molecule has 0 saturated carbocycles. The van der Waals surface area contributed by atoms with Crippen LogP contribution in [-0.2, 0) is 7.05 Å². The van der Waals surface area contributed by atoms with E-state index in [1.807, 2.05) is 0 Å². The number of aromatic nitrogens is 3. The van der Waals surface area contributed by atoms with E-state index in [1.54, 1.807) is 13.1 Å². The number of ether oxygens (including phenoxy) is 2. The van der Waals surface area contributed by atoms with Crippen molar-refractivity contribution in [3.05, 3.63) is 43.9 Å². The zero-order valence-corrected chi connectivity index (χ0v) is 15.7. The van der Waals surface area contributed by atoms with Gasteiger partial charge >= 0.3 is 0 Å². The highest BCUT2D eigenvalue weighted by molar-refractivity contribution is 6.41. The van der Waals surface area contributed by atoms with Crippen LogP contribution in [0.2, 0.25) is 15.2 Å². The fourth-order valence-electron chi connectivity index (χ4n) is 2.45. The molecule has 3 rings (SSSR count). The lowest BCUT2D eigenvalue weighted by molar-refractivity contribution is 0.395. The number of benzene rings is 1. The molecule has 0 atom stereocenters. The summed E-state index contributed by atoms with van der Waals surface area (Å²) in [5.74, 6) is 0.955. The average molecular weight is 401 g/mol. The topological polar surface area (TPSA) is 66.2 Å². The molecule has 0 unspecified atom stereocenters. The average Bonchev–Trinajstić information content (AvgIpc) is 2.60. The van der Waals surface area contributed by atoms with Gasteiger partial charge in [-0.3, -0.25) is 9.36 Å². The van der Waals surface area contributed by atoms with Gasteiger partial charge in [0.1, 0.15) is 22.5 Å². The molecule has 0 bridgehead atoms. The monoisotopic (exact) mass is 399 g/mol. The Hall–Kier alpha value is -2.02. The summed E-state index contributed by atoms with van der Waals surface area (Å²) >= 11 is 18.7. The van der Waals surface area contributed by atoms with Crippen molar-refractivity contribution in [2.45, 2.75) is 0 Å². The van der Waals surface area contributed by atoms with Crippen LogP contribution >= 0.6 is 34.8 Å². The highest BCUT2D eigenvalue weighted by atomic mass is 35.5. The zero-order valence-electron chi connectivity index (χ0n) is 13.4. The molecule has 2 heterocycles. The molecule has 0 fully saturated rings. The number of hydrogen-bond acceptors (Lipinski definition) is 5. The summed E-state index contributed by atoms with van der Waals surface area (Å²) in [6.07, 6.45) is 1.42. The third-order valence-electron chi connectivity index (χ3n) is 3.73. The maximum Gasteiger partial charge on any atom is 0.261 e. The number of methoxy groups -OCH3 is 2. The number of nitrogens with zero attached hydrogens (tertiary/aromatic N) is 3. The Morgan fingerprint density at radius 3 is 2.20 bits per heavy atom. The second kappa shape index (κ2) is 6.71. The molecule has 0 aliphatic carbocycles. The van der Waals surface area contributed by atoms with Crippen molar-refractivity contribution in [3.8, 4) is 22.9 Å². The van der Waals surface area contributed by atoms with Crippen LogP contribution in [-0.4, -0.2) is 28.8 Å². The Kier molecular flexibility index (Phi) is 4.77. The zero-order chi connectivity index (χ0) is 18.3. The first kappa shape index (κ1) is 17.8. The van der Waals surface area contributed by atoms with Crippen molar-refractivity contribution in [1.82, 2.24) is 14.5 Å². The van der Waals surface area contributed by atoms with Gasteiger partial charge in [-0.2, -0.15) is 0 Å². The van der Waals surface area contributed by atoms with E-state index in [4.69, 9.17) is 44.3 Å². The highest BCUT2D eigenvalue weighted by Crippen LogP contribution is 2.45. The van der Waals surface area contributed by atoms with E-state index in [0.717, 1.165) is 0 Å². The second-order valence-electron chi connectivity index (χ2n) is 5.11. The molecule has 0 spiro atoms. The van der Waals surface area contributed by atoms with Gasteiger partial charge in [0.05, 0.1) is 46.9 Å². The van der Waals surface area contributed by atoms with E-state index in [2.05, 4.69) is 9.97 Å². The van der Waals surface area contributed by atoms with Crippen LogP contribution in [0.3, 0.4) is 0 Å². The number of rotatable bonds is 3. The Bertz CT molecular complexity index is 1020. The van der Waals surface area contributed by atoms with Crippen LogP contribution in [0.25, 0.3) is 22.3 Å². The van der Waals surface area contributed by atoms with Gasteiger partial charge in [0.15, 0.2) is 0 Å².